The topological polar surface area (TPSA) is 99.2 Å². The maximum atomic E-state index is 12.8. The highest BCUT2D eigenvalue weighted by molar-refractivity contribution is 9.10. The van der Waals surface area contributed by atoms with Crippen molar-refractivity contribution < 1.29 is 9.90 Å². The second kappa shape index (κ2) is 7.16. The largest absolute Gasteiger partial charge is 0.369 e. The van der Waals surface area contributed by atoms with Crippen LogP contribution in [0.4, 0.5) is 0 Å². The van der Waals surface area contributed by atoms with Gasteiger partial charge in [0.05, 0.1) is 17.6 Å². The van der Waals surface area contributed by atoms with Gasteiger partial charge in [0.25, 0.3) is 11.5 Å². The predicted molar refractivity (Wildman–Crippen MR) is 115 cm³/mol. The molecule has 30 heavy (non-hydrogen) atoms. The fourth-order valence-corrected chi connectivity index (χ4v) is 4.12. The summed E-state index contributed by atoms with van der Waals surface area (Å²) in [4.78, 5) is 30.6. The van der Waals surface area contributed by atoms with Crippen LogP contribution in [-0.2, 0) is 6.54 Å². The first-order valence-corrected chi connectivity index (χ1v) is 10.0. The lowest BCUT2D eigenvalue weighted by molar-refractivity contribution is 0.0133. The Hall–Kier alpha value is -3.36. The summed E-state index contributed by atoms with van der Waals surface area (Å²) in [6.07, 6.45) is 2.37. The van der Waals surface area contributed by atoms with Crippen LogP contribution in [-0.4, -0.2) is 31.1 Å². The van der Waals surface area contributed by atoms with E-state index in [2.05, 4.69) is 31.1 Å². The number of benzene rings is 2. The average molecular weight is 463 g/mol. The molecule has 0 spiro atoms. The van der Waals surface area contributed by atoms with E-state index in [9.17, 15) is 14.7 Å². The van der Waals surface area contributed by atoms with E-state index >= 15 is 0 Å². The Kier molecular flexibility index (Phi) is 4.45. The van der Waals surface area contributed by atoms with Gasteiger partial charge in [-0.2, -0.15) is 5.10 Å². The number of hydrogen-bond donors (Lipinski definition) is 2. The number of nitrogens with zero attached hydrogens (tertiary/aromatic N) is 3. The Balaban J connectivity index is 1.60. The molecule has 2 N–H and O–H groups in total. The molecular formula is C22H15BrN4O3. The number of nitrogens with one attached hydrogen (secondary N) is 1. The maximum absolute atomic E-state index is 12.8. The third-order valence-corrected chi connectivity index (χ3v) is 5.68. The summed E-state index contributed by atoms with van der Waals surface area (Å²) in [5.41, 5.74) is 2.96. The van der Waals surface area contributed by atoms with Crippen LogP contribution in [0, 0.1) is 0 Å². The molecule has 2 aromatic carbocycles. The Morgan fingerprint density at radius 3 is 2.67 bits per heavy atom. The fraction of sp³-hybridized carbons (Fsp3) is 0.0909. The summed E-state index contributed by atoms with van der Waals surface area (Å²) in [7, 11) is 0. The zero-order valence-corrected chi connectivity index (χ0v) is 17.1. The molecule has 0 bridgehead atoms. The number of pyridine rings is 1. The van der Waals surface area contributed by atoms with Crippen molar-refractivity contribution in [1.82, 2.24) is 20.1 Å². The van der Waals surface area contributed by atoms with Crippen molar-refractivity contribution in [2.45, 2.75) is 12.8 Å². The van der Waals surface area contributed by atoms with Crippen molar-refractivity contribution in [2.75, 3.05) is 0 Å². The van der Waals surface area contributed by atoms with Gasteiger partial charge in [0.2, 0.25) is 0 Å². The molecule has 148 valence electrons. The van der Waals surface area contributed by atoms with Gasteiger partial charge < -0.3 is 10.0 Å². The number of aromatic amines is 1. The van der Waals surface area contributed by atoms with Gasteiger partial charge in [-0.05, 0) is 45.8 Å². The number of amides is 1. The number of carbonyl (C=O) groups is 1. The first kappa shape index (κ1) is 18.7. The van der Waals surface area contributed by atoms with Crippen LogP contribution in [0.1, 0.15) is 27.8 Å². The second-order valence-electron chi connectivity index (χ2n) is 7.05. The maximum Gasteiger partial charge on any atom is 0.272 e. The molecule has 0 saturated heterocycles. The summed E-state index contributed by atoms with van der Waals surface area (Å²) in [5.74, 6) is -0.272. The number of hydrogen-bond acceptors (Lipinski definition) is 5. The molecule has 0 aliphatic carbocycles. The van der Waals surface area contributed by atoms with Gasteiger partial charge in [-0.25, -0.2) is 5.10 Å². The van der Waals surface area contributed by atoms with Gasteiger partial charge in [0.1, 0.15) is 0 Å². The van der Waals surface area contributed by atoms with Crippen LogP contribution in [0.2, 0.25) is 0 Å². The lowest BCUT2D eigenvalue weighted by Crippen LogP contribution is -2.28. The molecule has 3 heterocycles. The number of aliphatic hydroxyl groups excluding tert-OH is 1. The Labute approximate surface area is 179 Å². The van der Waals surface area contributed by atoms with E-state index in [1.807, 2.05) is 18.2 Å². The normalized spacial score (nSPS) is 15.6. The highest BCUT2D eigenvalue weighted by Crippen LogP contribution is 2.33. The Morgan fingerprint density at radius 1 is 1.03 bits per heavy atom. The molecule has 1 atom stereocenters. The highest BCUT2D eigenvalue weighted by atomic mass is 79.9. The Morgan fingerprint density at radius 2 is 1.87 bits per heavy atom. The van der Waals surface area contributed by atoms with Crippen LogP contribution in [0.15, 0.2) is 70.2 Å². The number of carbonyl (C=O) groups excluding carboxylic acids is 1. The second-order valence-corrected chi connectivity index (χ2v) is 7.96. The zero-order valence-electron chi connectivity index (χ0n) is 15.5. The molecule has 1 aliphatic rings. The van der Waals surface area contributed by atoms with E-state index < -0.39 is 6.23 Å². The molecule has 5 rings (SSSR count). The minimum absolute atomic E-state index is 0.0577. The minimum Gasteiger partial charge on any atom is -0.369 e. The van der Waals surface area contributed by atoms with Crippen molar-refractivity contribution in [2.24, 2.45) is 0 Å². The van der Waals surface area contributed by atoms with Crippen molar-refractivity contribution >= 4 is 32.6 Å². The van der Waals surface area contributed by atoms with Gasteiger partial charge in [-0.15, -0.1) is 0 Å². The molecule has 0 radical (unpaired) electrons. The van der Waals surface area contributed by atoms with Crippen LogP contribution in [0.25, 0.3) is 21.9 Å². The van der Waals surface area contributed by atoms with Crippen molar-refractivity contribution in [3.05, 3.63) is 92.6 Å². The number of halogens is 1. The SMILES string of the molecule is O=C1c2ccccc2C(O)N1Cc1n[nH]c(=O)c2ccc(-c3cncc(Br)c3)cc12. The molecule has 4 aromatic rings. The molecule has 7 nitrogen and oxygen atoms in total. The monoisotopic (exact) mass is 462 g/mol. The van der Waals surface area contributed by atoms with Gasteiger partial charge in [0.15, 0.2) is 6.23 Å². The summed E-state index contributed by atoms with van der Waals surface area (Å²) in [6.45, 7) is 0.0577. The lowest BCUT2D eigenvalue weighted by Gasteiger charge is -2.21. The summed E-state index contributed by atoms with van der Waals surface area (Å²) >= 11 is 3.42. The first-order chi connectivity index (χ1) is 14.5. The number of rotatable bonds is 3. The van der Waals surface area contributed by atoms with E-state index in [0.717, 1.165) is 15.6 Å². The van der Waals surface area contributed by atoms with E-state index in [1.165, 1.54) is 4.90 Å². The molecule has 0 fully saturated rings. The average Bonchev–Trinajstić information content (AvgIpc) is 3.00. The molecule has 0 saturated carbocycles. The highest BCUT2D eigenvalue weighted by Gasteiger charge is 2.35. The first-order valence-electron chi connectivity index (χ1n) is 9.23. The van der Waals surface area contributed by atoms with Gasteiger partial charge in [0, 0.05) is 38.9 Å². The third kappa shape index (κ3) is 3.01. The van der Waals surface area contributed by atoms with Crippen LogP contribution >= 0.6 is 15.9 Å². The summed E-state index contributed by atoms with van der Waals surface area (Å²) in [6, 6.07) is 14.3. The van der Waals surface area contributed by atoms with Crippen molar-refractivity contribution in [1.29, 1.82) is 0 Å². The molecular weight excluding hydrogens is 448 g/mol. The van der Waals surface area contributed by atoms with E-state index in [-0.39, 0.29) is 18.0 Å². The van der Waals surface area contributed by atoms with Crippen molar-refractivity contribution in [3.63, 3.8) is 0 Å². The summed E-state index contributed by atoms with van der Waals surface area (Å²) < 4.78 is 0.841. The van der Waals surface area contributed by atoms with E-state index in [4.69, 9.17) is 0 Å². The fourth-order valence-electron chi connectivity index (χ4n) is 3.76. The molecule has 1 unspecified atom stereocenters. The molecule has 2 aromatic heterocycles. The number of aliphatic hydroxyl groups is 1. The van der Waals surface area contributed by atoms with E-state index in [1.54, 1.807) is 42.7 Å². The number of H-pyrrole nitrogens is 1. The molecule has 8 heteroatoms. The molecule has 1 aliphatic heterocycles. The predicted octanol–water partition coefficient (Wildman–Crippen LogP) is 3.39. The lowest BCUT2D eigenvalue weighted by atomic mass is 10.0. The van der Waals surface area contributed by atoms with E-state index in [0.29, 0.717) is 27.6 Å². The van der Waals surface area contributed by atoms with Crippen LogP contribution in [0.5, 0.6) is 0 Å². The van der Waals surface area contributed by atoms with Crippen LogP contribution < -0.4 is 5.56 Å². The van der Waals surface area contributed by atoms with Crippen LogP contribution in [0.3, 0.4) is 0 Å². The van der Waals surface area contributed by atoms with Crippen molar-refractivity contribution in [3.8, 4) is 11.1 Å². The number of fused-ring (bicyclic) bond motifs is 2. The standard InChI is InChI=1S/C22H15BrN4O3/c23-14-7-13(9-24-10-14)12-5-6-15-18(8-12)19(25-26-20(15)28)11-27-21(29)16-3-1-2-4-17(16)22(27)30/h1-10,21,29H,11H2,(H,26,28). The quantitative estimate of drug-likeness (QED) is 0.486. The number of aromatic nitrogens is 3. The Bertz CT molecular complexity index is 1370. The third-order valence-electron chi connectivity index (χ3n) is 5.25. The van der Waals surface area contributed by atoms with Gasteiger partial charge >= 0.3 is 0 Å². The molecule has 1 amide bonds. The summed E-state index contributed by atoms with van der Waals surface area (Å²) in [5, 5.41) is 18.4. The zero-order chi connectivity index (χ0) is 20.8. The van der Waals surface area contributed by atoms with Gasteiger partial charge in [-0.1, -0.05) is 24.3 Å². The smallest absolute Gasteiger partial charge is 0.272 e. The van der Waals surface area contributed by atoms with Gasteiger partial charge in [-0.3, -0.25) is 14.6 Å². The minimum atomic E-state index is -1.06.